The summed E-state index contributed by atoms with van der Waals surface area (Å²) < 4.78 is 11.6. The van der Waals surface area contributed by atoms with Crippen LogP contribution in [0.4, 0.5) is 5.69 Å². The lowest BCUT2D eigenvalue weighted by atomic mass is 10.1. The molecule has 0 radical (unpaired) electrons. The van der Waals surface area contributed by atoms with Crippen molar-refractivity contribution in [3.63, 3.8) is 0 Å². The maximum atomic E-state index is 12.1. The molecule has 0 saturated heterocycles. The highest BCUT2D eigenvalue weighted by Crippen LogP contribution is 2.21. The van der Waals surface area contributed by atoms with Gasteiger partial charge in [0.25, 0.3) is 5.56 Å². The fourth-order valence-electron chi connectivity index (χ4n) is 1.95. The first-order valence-electron chi connectivity index (χ1n) is 6.01. The number of ether oxygens (including phenoxy) is 1. The van der Waals surface area contributed by atoms with Crippen LogP contribution < -0.4 is 27.1 Å². The molecule has 1 aromatic heterocycles. The Morgan fingerprint density at radius 1 is 1.43 bits per heavy atom. The van der Waals surface area contributed by atoms with Crippen molar-refractivity contribution in [2.75, 3.05) is 12.8 Å². The average Bonchev–Trinajstić information content (AvgIpc) is 2.77. The minimum Gasteiger partial charge on any atom is -0.496 e. The van der Waals surface area contributed by atoms with Crippen LogP contribution in [0, 0.1) is 0 Å². The van der Waals surface area contributed by atoms with Gasteiger partial charge in [0.05, 0.1) is 7.11 Å². The van der Waals surface area contributed by atoms with Crippen molar-refractivity contribution in [1.82, 2.24) is 4.57 Å². The molecule has 0 atom stereocenters. The smallest absolute Gasteiger partial charge is 0.355 e. The van der Waals surface area contributed by atoms with Gasteiger partial charge in [-0.25, -0.2) is 9.36 Å². The van der Waals surface area contributed by atoms with Crippen molar-refractivity contribution in [2.24, 2.45) is 5.16 Å². The first-order chi connectivity index (χ1) is 10.1. The van der Waals surface area contributed by atoms with Gasteiger partial charge in [0.2, 0.25) is 0 Å². The van der Waals surface area contributed by atoms with Gasteiger partial charge < -0.3 is 19.7 Å². The number of nitrogens with two attached hydrogens (primary N) is 1. The molecule has 2 heterocycles. The third-order valence-electron chi connectivity index (χ3n) is 2.94. The molecule has 0 saturated carbocycles. The number of benzene rings is 1. The van der Waals surface area contributed by atoms with Gasteiger partial charge in [-0.2, -0.15) is 0 Å². The molecule has 8 heteroatoms. The number of carbonyl (C=O) groups excluding carboxylic acids is 1. The van der Waals surface area contributed by atoms with E-state index in [0.717, 1.165) is 4.57 Å². The second kappa shape index (κ2) is 4.82. The zero-order chi connectivity index (χ0) is 15.0. The Kier molecular flexibility index (Phi) is 2.98. The number of fused-ring (bicyclic) bond motifs is 1. The van der Waals surface area contributed by atoms with E-state index in [4.69, 9.17) is 14.9 Å². The van der Waals surface area contributed by atoms with Crippen molar-refractivity contribution in [3.05, 3.63) is 45.2 Å². The van der Waals surface area contributed by atoms with E-state index in [-0.39, 0.29) is 17.6 Å². The highest BCUT2D eigenvalue weighted by molar-refractivity contribution is 5.69. The van der Waals surface area contributed by atoms with Gasteiger partial charge in [0.15, 0.2) is 5.42 Å². The van der Waals surface area contributed by atoms with E-state index >= 15 is 0 Å². The summed E-state index contributed by atoms with van der Waals surface area (Å²) in [6.45, 7) is -0.228. The third kappa shape index (κ3) is 2.27. The molecule has 108 valence electrons. The molecule has 0 bridgehead atoms. The van der Waals surface area contributed by atoms with Gasteiger partial charge in [-0.15, -0.1) is 0 Å². The highest BCUT2D eigenvalue weighted by Gasteiger charge is 2.18. The number of anilines is 1. The van der Waals surface area contributed by atoms with Gasteiger partial charge in [-0.05, 0) is 23.4 Å². The number of hydrogen-bond donors (Lipinski definition) is 1. The van der Waals surface area contributed by atoms with Crippen LogP contribution in [0.25, 0.3) is 6.08 Å². The standard InChI is InChI=1S/C13H11N3O5/c1-19-9-5-8(14)3-2-7(9)4-10-12(18)16-6-11(17)21-15-13(16)20-10/h2-5H,6,14H2,1H3. The average molecular weight is 289 g/mol. The van der Waals surface area contributed by atoms with Crippen molar-refractivity contribution in [1.29, 1.82) is 0 Å². The molecule has 0 spiro atoms. The maximum Gasteiger partial charge on any atom is 0.355 e. The first-order valence-corrected chi connectivity index (χ1v) is 6.01. The monoisotopic (exact) mass is 289 g/mol. The summed E-state index contributed by atoms with van der Waals surface area (Å²) >= 11 is 0. The zero-order valence-electron chi connectivity index (χ0n) is 11.0. The lowest BCUT2D eigenvalue weighted by Gasteiger charge is -2.04. The Labute approximate surface area is 117 Å². The molecule has 2 aromatic rings. The molecule has 0 fully saturated rings. The van der Waals surface area contributed by atoms with Gasteiger partial charge in [0, 0.05) is 17.3 Å². The Bertz CT molecular complexity index is 894. The van der Waals surface area contributed by atoms with E-state index in [0.29, 0.717) is 17.0 Å². The van der Waals surface area contributed by atoms with Crippen molar-refractivity contribution < 1.29 is 18.8 Å². The minimum atomic E-state index is -0.623. The third-order valence-corrected chi connectivity index (χ3v) is 2.94. The summed E-state index contributed by atoms with van der Waals surface area (Å²) in [5, 5.41) is 3.43. The Morgan fingerprint density at radius 2 is 2.24 bits per heavy atom. The molecule has 21 heavy (non-hydrogen) atoms. The molecule has 1 aliphatic heterocycles. The second-order valence-corrected chi connectivity index (χ2v) is 4.34. The molecule has 0 aliphatic carbocycles. The maximum absolute atomic E-state index is 12.1. The molecular formula is C13H11N3O5. The van der Waals surface area contributed by atoms with Gasteiger partial charge in [-0.1, -0.05) is 0 Å². The van der Waals surface area contributed by atoms with Crippen LogP contribution in [-0.2, 0) is 16.2 Å². The number of oxazole rings is 1. The summed E-state index contributed by atoms with van der Waals surface area (Å²) in [6.07, 6.45) is 1.49. The number of methoxy groups -OCH3 is 1. The summed E-state index contributed by atoms with van der Waals surface area (Å²) in [5.74, 6) is -0.125. The van der Waals surface area contributed by atoms with E-state index in [1.807, 2.05) is 0 Å². The lowest BCUT2D eigenvalue weighted by molar-refractivity contribution is -0.147. The van der Waals surface area contributed by atoms with Crippen LogP contribution in [0.15, 0.2) is 32.6 Å². The topological polar surface area (TPSA) is 109 Å². The van der Waals surface area contributed by atoms with Gasteiger partial charge in [-0.3, -0.25) is 4.79 Å². The second-order valence-electron chi connectivity index (χ2n) is 4.34. The fraction of sp³-hybridized carbons (Fsp3) is 0.154. The summed E-state index contributed by atoms with van der Waals surface area (Å²) in [5.41, 5.74) is 6.32. The van der Waals surface area contributed by atoms with E-state index in [2.05, 4.69) is 9.99 Å². The van der Waals surface area contributed by atoms with Crippen LogP contribution in [-0.4, -0.2) is 17.6 Å². The van der Waals surface area contributed by atoms with Crippen molar-refractivity contribution in [2.45, 2.75) is 6.54 Å². The number of nitrogens with zero attached hydrogens (tertiary/aromatic N) is 2. The van der Waals surface area contributed by atoms with Crippen LogP contribution in [0.2, 0.25) is 0 Å². The number of rotatable bonds is 2. The molecule has 3 rings (SSSR count). The molecule has 1 aromatic carbocycles. The van der Waals surface area contributed by atoms with E-state index in [1.54, 1.807) is 18.2 Å². The first kappa shape index (κ1) is 13.0. The zero-order valence-corrected chi connectivity index (χ0v) is 11.0. The summed E-state index contributed by atoms with van der Waals surface area (Å²) in [6, 6.07) is 4.99. The molecular weight excluding hydrogens is 278 g/mol. The summed E-state index contributed by atoms with van der Waals surface area (Å²) in [4.78, 5) is 27.7. The van der Waals surface area contributed by atoms with Crippen LogP contribution >= 0.6 is 0 Å². The van der Waals surface area contributed by atoms with Gasteiger partial charge in [0.1, 0.15) is 12.3 Å². The number of carbonyl (C=O) groups is 1. The molecule has 0 amide bonds. The van der Waals surface area contributed by atoms with E-state index < -0.39 is 11.5 Å². The van der Waals surface area contributed by atoms with Crippen LogP contribution in [0.5, 0.6) is 5.75 Å². The SMILES string of the molecule is COc1cc(N)ccc1C=c1oc2n(c1=O)CC(=O)ON=2. The van der Waals surface area contributed by atoms with E-state index in [9.17, 15) is 9.59 Å². The number of nitrogen functional groups attached to an aromatic ring is 1. The highest BCUT2D eigenvalue weighted by atomic mass is 16.7. The minimum absolute atomic E-state index is 0.0233. The van der Waals surface area contributed by atoms with Crippen molar-refractivity contribution >= 4 is 17.7 Å². The quantitative estimate of drug-likeness (QED) is 0.558. The summed E-state index contributed by atoms with van der Waals surface area (Å²) in [7, 11) is 1.49. The molecule has 1 aliphatic rings. The predicted octanol–water partition coefficient (Wildman–Crippen LogP) is -1.05. The predicted molar refractivity (Wildman–Crippen MR) is 70.8 cm³/mol. The Morgan fingerprint density at radius 3 is 3.00 bits per heavy atom. The van der Waals surface area contributed by atoms with Crippen molar-refractivity contribution in [3.8, 4) is 5.75 Å². The molecule has 2 N–H and O–H groups in total. The van der Waals surface area contributed by atoms with Gasteiger partial charge >= 0.3 is 11.7 Å². The largest absolute Gasteiger partial charge is 0.496 e. The van der Waals surface area contributed by atoms with Crippen LogP contribution in [0.1, 0.15) is 5.56 Å². The molecule has 0 unspecified atom stereocenters. The lowest BCUT2D eigenvalue weighted by Crippen LogP contribution is -2.37. The Hall–Kier alpha value is -3.03. The van der Waals surface area contributed by atoms with Crippen LogP contribution in [0.3, 0.4) is 0 Å². The fourth-order valence-corrected chi connectivity index (χ4v) is 1.95. The molecule has 8 nitrogen and oxygen atoms in total. The normalized spacial score (nSPS) is 14.3. The number of hydrogen-bond acceptors (Lipinski definition) is 7. The van der Waals surface area contributed by atoms with E-state index in [1.165, 1.54) is 13.2 Å². The Balaban J connectivity index is 2.19. The number of aromatic nitrogens is 1.